The third-order valence-electron chi connectivity index (χ3n) is 4.47. The van der Waals surface area contributed by atoms with Gasteiger partial charge >= 0.3 is 0 Å². The van der Waals surface area contributed by atoms with E-state index in [0.29, 0.717) is 39.0 Å². The van der Waals surface area contributed by atoms with E-state index in [-0.39, 0.29) is 19.0 Å². The monoisotopic (exact) mass is 460 g/mol. The van der Waals surface area contributed by atoms with Crippen LogP contribution in [0, 0.1) is 17.7 Å². The third kappa shape index (κ3) is 5.90. The van der Waals surface area contributed by atoms with Crippen molar-refractivity contribution in [2.75, 3.05) is 5.06 Å². The number of hydrogen-bond donors (Lipinski definition) is 1. The van der Waals surface area contributed by atoms with Crippen LogP contribution in [0.5, 0.6) is 0 Å². The van der Waals surface area contributed by atoms with Gasteiger partial charge in [-0.05, 0) is 53.9 Å². The van der Waals surface area contributed by atoms with E-state index in [2.05, 4.69) is 26.8 Å². The van der Waals surface area contributed by atoms with E-state index in [1.165, 1.54) is 23.5 Å². The Hall–Kier alpha value is -3.83. The Kier molecular flexibility index (Phi) is 7.22. The van der Waals surface area contributed by atoms with Crippen molar-refractivity contribution in [3.8, 4) is 11.8 Å². The van der Waals surface area contributed by atoms with Gasteiger partial charge < -0.3 is 5.11 Å². The van der Waals surface area contributed by atoms with Crippen LogP contribution in [0.2, 0.25) is 5.02 Å². The van der Waals surface area contributed by atoms with E-state index >= 15 is 0 Å². The minimum absolute atomic E-state index is 0.0846. The third-order valence-corrected chi connectivity index (χ3v) is 4.70. The molecule has 0 aliphatic heterocycles. The van der Waals surface area contributed by atoms with Crippen LogP contribution in [0.1, 0.15) is 22.5 Å². The molecule has 2 heterocycles. The Balaban J connectivity index is 1.70. The molecule has 1 N–H and O–H groups in total. The number of rotatable bonds is 6. The van der Waals surface area contributed by atoms with Crippen LogP contribution in [-0.4, -0.2) is 20.1 Å². The molecule has 8 heteroatoms. The summed E-state index contributed by atoms with van der Waals surface area (Å²) in [5.41, 5.74) is 2.75. The first-order chi connectivity index (χ1) is 16.1. The van der Waals surface area contributed by atoms with Gasteiger partial charge in [0.1, 0.15) is 24.4 Å². The summed E-state index contributed by atoms with van der Waals surface area (Å²) in [7, 11) is 0. The normalized spacial score (nSPS) is 10.4. The highest BCUT2D eigenvalue weighted by molar-refractivity contribution is 6.30. The predicted molar refractivity (Wildman–Crippen MR) is 123 cm³/mol. The molecule has 4 rings (SSSR count). The first-order valence-electron chi connectivity index (χ1n) is 9.94. The highest BCUT2D eigenvalue weighted by atomic mass is 35.5. The Morgan fingerprint density at radius 2 is 1.88 bits per heavy atom. The number of aliphatic hydroxyl groups excluding tert-OH is 1. The maximum absolute atomic E-state index is 13.6. The summed E-state index contributed by atoms with van der Waals surface area (Å²) in [4.78, 5) is 18.8. The van der Waals surface area contributed by atoms with Crippen LogP contribution in [0.15, 0.2) is 79.3 Å². The maximum atomic E-state index is 13.6. The van der Waals surface area contributed by atoms with E-state index in [9.17, 15) is 9.50 Å². The second-order valence-electron chi connectivity index (χ2n) is 6.86. The summed E-state index contributed by atoms with van der Waals surface area (Å²) in [5, 5.41) is 11.3. The van der Waals surface area contributed by atoms with Crippen LogP contribution < -0.4 is 5.06 Å². The number of aromatic nitrogens is 3. The summed E-state index contributed by atoms with van der Waals surface area (Å²) in [5.74, 6) is 6.02. The largest absolute Gasteiger partial charge is 0.390 e. The zero-order valence-corrected chi connectivity index (χ0v) is 18.1. The van der Waals surface area contributed by atoms with Gasteiger partial charge in [0.2, 0.25) is 0 Å². The van der Waals surface area contributed by atoms with Gasteiger partial charge in [0, 0.05) is 11.2 Å². The van der Waals surface area contributed by atoms with Crippen molar-refractivity contribution < 1.29 is 14.3 Å². The highest BCUT2D eigenvalue weighted by Gasteiger charge is 2.17. The minimum atomic E-state index is -0.350. The van der Waals surface area contributed by atoms with Gasteiger partial charge in [-0.2, -0.15) is 0 Å². The van der Waals surface area contributed by atoms with Crippen LogP contribution in [-0.2, 0) is 18.1 Å². The Bertz CT molecular complexity index is 1320. The van der Waals surface area contributed by atoms with Gasteiger partial charge in [-0.3, -0.25) is 4.84 Å². The molecule has 0 aliphatic rings. The number of nitrogens with zero attached hydrogens (tertiary/aromatic N) is 4. The molecule has 0 aliphatic carbocycles. The SMILES string of the molecule is OCc1cccc(C#Cc2cncnc2N(OCc2cccc(F)c2)c2cccc(Cl)c2)n1. The molecule has 0 saturated carbocycles. The van der Waals surface area contributed by atoms with Gasteiger partial charge in [0.15, 0.2) is 5.82 Å². The molecular weight excluding hydrogens is 443 g/mol. The molecule has 0 unspecified atom stereocenters. The molecule has 2 aromatic carbocycles. The van der Waals surface area contributed by atoms with Crippen molar-refractivity contribution in [3.05, 3.63) is 113 Å². The smallest absolute Gasteiger partial charge is 0.176 e. The number of pyridine rings is 1. The number of anilines is 2. The average Bonchev–Trinajstić information content (AvgIpc) is 2.84. The molecule has 33 heavy (non-hydrogen) atoms. The van der Waals surface area contributed by atoms with Gasteiger partial charge in [-0.25, -0.2) is 24.4 Å². The summed E-state index contributed by atoms with van der Waals surface area (Å²) < 4.78 is 13.6. The Morgan fingerprint density at radius 1 is 1.03 bits per heavy atom. The van der Waals surface area contributed by atoms with Gasteiger partial charge in [0.05, 0.1) is 23.6 Å². The number of aliphatic hydroxyl groups is 1. The van der Waals surface area contributed by atoms with Gasteiger partial charge in [-0.1, -0.05) is 41.8 Å². The standard InChI is InChI=1S/C25H18ClFN4O2/c26-20-5-2-9-24(13-20)31(33-16-18-4-1-6-21(27)12-18)25-19(14-28-17-29-25)10-11-22-7-3-8-23(15-32)30-22/h1-9,12-14,17,32H,15-16H2. The van der Waals surface area contributed by atoms with E-state index < -0.39 is 0 Å². The van der Waals surface area contributed by atoms with Crippen LogP contribution in [0.3, 0.4) is 0 Å². The van der Waals surface area contributed by atoms with Crippen molar-refractivity contribution in [1.29, 1.82) is 0 Å². The van der Waals surface area contributed by atoms with Crippen molar-refractivity contribution >= 4 is 23.1 Å². The minimum Gasteiger partial charge on any atom is -0.390 e. The lowest BCUT2D eigenvalue weighted by Gasteiger charge is -2.24. The van der Waals surface area contributed by atoms with Crippen molar-refractivity contribution in [3.63, 3.8) is 0 Å². The lowest BCUT2D eigenvalue weighted by atomic mass is 10.2. The van der Waals surface area contributed by atoms with Crippen molar-refractivity contribution in [2.45, 2.75) is 13.2 Å². The fraction of sp³-hybridized carbons (Fsp3) is 0.0800. The van der Waals surface area contributed by atoms with E-state index in [1.54, 1.807) is 54.7 Å². The van der Waals surface area contributed by atoms with E-state index in [0.717, 1.165) is 0 Å². The lowest BCUT2D eigenvalue weighted by Crippen LogP contribution is -2.20. The summed E-state index contributed by atoms with van der Waals surface area (Å²) in [6, 6.07) is 18.4. The van der Waals surface area contributed by atoms with Gasteiger partial charge in [-0.15, -0.1) is 0 Å². The molecule has 4 aromatic rings. The predicted octanol–water partition coefficient (Wildman–Crippen LogP) is 4.83. The van der Waals surface area contributed by atoms with Gasteiger partial charge in [0.25, 0.3) is 0 Å². The number of halogens is 2. The second kappa shape index (κ2) is 10.7. The first-order valence-corrected chi connectivity index (χ1v) is 10.3. The molecule has 0 fully saturated rings. The first kappa shape index (κ1) is 22.4. The molecule has 0 spiro atoms. The molecule has 0 amide bonds. The van der Waals surface area contributed by atoms with E-state index in [1.807, 2.05) is 6.07 Å². The fourth-order valence-electron chi connectivity index (χ4n) is 2.97. The topological polar surface area (TPSA) is 71.4 Å². The average molecular weight is 461 g/mol. The molecule has 6 nitrogen and oxygen atoms in total. The van der Waals surface area contributed by atoms with Crippen LogP contribution in [0.25, 0.3) is 0 Å². The molecule has 0 atom stereocenters. The van der Waals surface area contributed by atoms with Crippen LogP contribution >= 0.6 is 11.6 Å². The van der Waals surface area contributed by atoms with Crippen molar-refractivity contribution in [2.24, 2.45) is 0 Å². The molecule has 0 radical (unpaired) electrons. The maximum Gasteiger partial charge on any atom is 0.176 e. The number of benzene rings is 2. The van der Waals surface area contributed by atoms with E-state index in [4.69, 9.17) is 16.4 Å². The zero-order chi connectivity index (χ0) is 23.0. The molecular formula is C25H18ClFN4O2. The summed E-state index contributed by atoms with van der Waals surface area (Å²) in [6.07, 6.45) is 2.95. The molecule has 164 valence electrons. The van der Waals surface area contributed by atoms with Crippen LogP contribution in [0.4, 0.5) is 15.9 Å². The fourth-order valence-corrected chi connectivity index (χ4v) is 3.15. The molecule has 0 bridgehead atoms. The Labute approximate surface area is 195 Å². The zero-order valence-electron chi connectivity index (χ0n) is 17.3. The quantitative estimate of drug-likeness (QED) is 0.328. The second-order valence-corrected chi connectivity index (χ2v) is 7.30. The Morgan fingerprint density at radius 3 is 2.70 bits per heavy atom. The lowest BCUT2D eigenvalue weighted by molar-refractivity contribution is 0.120. The highest BCUT2D eigenvalue weighted by Crippen LogP contribution is 2.29. The van der Waals surface area contributed by atoms with Crippen molar-refractivity contribution in [1.82, 2.24) is 15.0 Å². The number of hydrogen-bond acceptors (Lipinski definition) is 6. The summed E-state index contributed by atoms with van der Waals surface area (Å²) >= 11 is 6.20. The summed E-state index contributed by atoms with van der Waals surface area (Å²) in [6.45, 7) is -0.0903. The molecule has 0 saturated heterocycles. The molecule has 2 aromatic heterocycles.